The van der Waals surface area contributed by atoms with Crippen molar-refractivity contribution in [2.24, 2.45) is 0 Å². The molecule has 0 spiro atoms. The standard InChI is InChI=1S/C14H17BrO4/c1-14(2,3)19-13(17)11(15)9-5-7-10(8-6-9)12(16)18-4/h5-8,11H,1-4H3. The molecule has 0 fully saturated rings. The monoisotopic (exact) mass is 328 g/mol. The summed E-state index contributed by atoms with van der Waals surface area (Å²) >= 11 is 3.29. The van der Waals surface area contributed by atoms with Gasteiger partial charge in [0.05, 0.1) is 12.7 Å². The number of rotatable bonds is 3. The summed E-state index contributed by atoms with van der Waals surface area (Å²) in [5.74, 6) is -0.770. The van der Waals surface area contributed by atoms with Crippen molar-refractivity contribution in [1.82, 2.24) is 0 Å². The highest BCUT2D eigenvalue weighted by molar-refractivity contribution is 9.09. The molecule has 0 radical (unpaired) electrons. The molecule has 0 aliphatic carbocycles. The summed E-state index contributed by atoms with van der Waals surface area (Å²) in [6.07, 6.45) is 0. The zero-order valence-electron chi connectivity index (χ0n) is 11.4. The predicted octanol–water partition coefficient (Wildman–Crippen LogP) is 3.25. The maximum atomic E-state index is 11.9. The van der Waals surface area contributed by atoms with Crippen molar-refractivity contribution in [1.29, 1.82) is 0 Å². The number of carbonyl (C=O) groups excluding carboxylic acids is 2. The molecule has 1 aromatic carbocycles. The van der Waals surface area contributed by atoms with Crippen molar-refractivity contribution in [3.05, 3.63) is 35.4 Å². The van der Waals surface area contributed by atoms with E-state index in [1.807, 2.05) is 20.8 Å². The number of halogens is 1. The minimum absolute atomic E-state index is 0.363. The molecule has 0 aromatic heterocycles. The van der Waals surface area contributed by atoms with Crippen molar-refractivity contribution in [3.8, 4) is 0 Å². The van der Waals surface area contributed by atoms with Crippen LogP contribution in [-0.4, -0.2) is 24.6 Å². The first-order chi connectivity index (χ1) is 8.74. The van der Waals surface area contributed by atoms with E-state index in [0.29, 0.717) is 5.56 Å². The quantitative estimate of drug-likeness (QED) is 0.631. The lowest BCUT2D eigenvalue weighted by atomic mass is 10.1. The first-order valence-electron chi connectivity index (χ1n) is 5.80. The first-order valence-corrected chi connectivity index (χ1v) is 6.71. The van der Waals surface area contributed by atoms with E-state index in [1.54, 1.807) is 24.3 Å². The zero-order valence-corrected chi connectivity index (χ0v) is 13.0. The van der Waals surface area contributed by atoms with Gasteiger partial charge in [-0.05, 0) is 38.5 Å². The molecule has 104 valence electrons. The molecule has 0 saturated heterocycles. The van der Waals surface area contributed by atoms with Gasteiger partial charge in [-0.2, -0.15) is 0 Å². The van der Waals surface area contributed by atoms with Gasteiger partial charge in [0.2, 0.25) is 0 Å². The third kappa shape index (κ3) is 4.67. The van der Waals surface area contributed by atoms with Gasteiger partial charge in [0.15, 0.2) is 0 Å². The molecular formula is C14H17BrO4. The number of hydrogen-bond donors (Lipinski definition) is 0. The Morgan fingerprint density at radius 1 is 1.16 bits per heavy atom. The Morgan fingerprint density at radius 3 is 2.11 bits per heavy atom. The SMILES string of the molecule is COC(=O)c1ccc(C(Br)C(=O)OC(C)(C)C)cc1. The number of hydrogen-bond acceptors (Lipinski definition) is 4. The molecule has 0 bridgehead atoms. The van der Waals surface area contributed by atoms with E-state index < -0.39 is 16.4 Å². The van der Waals surface area contributed by atoms with Gasteiger partial charge in [-0.15, -0.1) is 0 Å². The molecule has 1 atom stereocenters. The van der Waals surface area contributed by atoms with E-state index >= 15 is 0 Å². The van der Waals surface area contributed by atoms with Crippen LogP contribution in [0.1, 0.15) is 41.5 Å². The average molecular weight is 329 g/mol. The third-order valence-electron chi connectivity index (χ3n) is 2.24. The molecule has 1 aromatic rings. The summed E-state index contributed by atoms with van der Waals surface area (Å²) in [4.78, 5) is 22.6. The maximum Gasteiger partial charge on any atom is 0.337 e. The highest BCUT2D eigenvalue weighted by atomic mass is 79.9. The van der Waals surface area contributed by atoms with Crippen LogP contribution in [0.2, 0.25) is 0 Å². The summed E-state index contributed by atoms with van der Waals surface area (Å²) in [5, 5.41) is 0. The molecule has 0 N–H and O–H groups in total. The summed E-state index contributed by atoms with van der Waals surface area (Å²) in [6, 6.07) is 6.60. The Balaban J connectivity index is 2.80. The molecule has 0 saturated carbocycles. The van der Waals surface area contributed by atoms with E-state index in [2.05, 4.69) is 20.7 Å². The van der Waals surface area contributed by atoms with Crippen LogP contribution >= 0.6 is 15.9 Å². The fourth-order valence-corrected chi connectivity index (χ4v) is 1.79. The van der Waals surface area contributed by atoms with Gasteiger partial charge in [-0.1, -0.05) is 28.1 Å². The number of benzene rings is 1. The summed E-state index contributed by atoms with van der Waals surface area (Å²) in [7, 11) is 1.32. The minimum Gasteiger partial charge on any atom is -0.465 e. The topological polar surface area (TPSA) is 52.6 Å². The lowest BCUT2D eigenvalue weighted by Crippen LogP contribution is -2.26. The van der Waals surface area contributed by atoms with E-state index in [-0.39, 0.29) is 5.97 Å². The van der Waals surface area contributed by atoms with Gasteiger partial charge in [-0.3, -0.25) is 4.79 Å². The van der Waals surface area contributed by atoms with Crippen molar-refractivity contribution >= 4 is 27.9 Å². The highest BCUT2D eigenvalue weighted by Crippen LogP contribution is 2.26. The number of carbonyl (C=O) groups is 2. The molecule has 19 heavy (non-hydrogen) atoms. The van der Waals surface area contributed by atoms with E-state index in [9.17, 15) is 9.59 Å². The maximum absolute atomic E-state index is 11.9. The van der Waals surface area contributed by atoms with Crippen molar-refractivity contribution in [3.63, 3.8) is 0 Å². The minimum atomic E-state index is -0.557. The molecular weight excluding hydrogens is 312 g/mol. The fraction of sp³-hybridized carbons (Fsp3) is 0.429. The molecule has 0 amide bonds. The second-order valence-corrected chi connectivity index (χ2v) is 5.93. The summed E-state index contributed by atoms with van der Waals surface area (Å²) in [6.45, 7) is 5.43. The van der Waals surface area contributed by atoms with E-state index in [1.165, 1.54) is 7.11 Å². The van der Waals surface area contributed by atoms with Gasteiger partial charge in [0, 0.05) is 0 Å². The van der Waals surface area contributed by atoms with E-state index in [4.69, 9.17) is 4.74 Å². The molecule has 0 aliphatic heterocycles. The molecule has 1 rings (SSSR count). The fourth-order valence-electron chi connectivity index (χ4n) is 1.40. The van der Waals surface area contributed by atoms with Crippen molar-refractivity contribution in [2.45, 2.75) is 31.2 Å². The average Bonchev–Trinajstić information content (AvgIpc) is 2.35. The number of esters is 2. The van der Waals surface area contributed by atoms with Crippen LogP contribution in [0, 0.1) is 0 Å². The Bertz CT molecular complexity index is 459. The van der Waals surface area contributed by atoms with Crippen LogP contribution in [0.4, 0.5) is 0 Å². The Morgan fingerprint density at radius 2 is 1.68 bits per heavy atom. The van der Waals surface area contributed by atoms with E-state index in [0.717, 1.165) is 5.56 Å². The smallest absolute Gasteiger partial charge is 0.337 e. The van der Waals surface area contributed by atoms with Gasteiger partial charge < -0.3 is 9.47 Å². The highest BCUT2D eigenvalue weighted by Gasteiger charge is 2.24. The predicted molar refractivity (Wildman–Crippen MR) is 75.3 cm³/mol. The van der Waals surface area contributed by atoms with Crippen LogP contribution < -0.4 is 0 Å². The third-order valence-corrected chi connectivity index (χ3v) is 3.14. The molecule has 4 nitrogen and oxygen atoms in total. The number of ether oxygens (including phenoxy) is 2. The lowest BCUT2D eigenvalue weighted by Gasteiger charge is -2.21. The normalized spacial score (nSPS) is 12.7. The number of alkyl halides is 1. The van der Waals surface area contributed by atoms with Gasteiger partial charge >= 0.3 is 11.9 Å². The van der Waals surface area contributed by atoms with Crippen LogP contribution in [0.3, 0.4) is 0 Å². The van der Waals surface area contributed by atoms with Crippen LogP contribution in [0.25, 0.3) is 0 Å². The summed E-state index contributed by atoms with van der Waals surface area (Å²) in [5.41, 5.74) is 0.631. The molecule has 0 aliphatic rings. The second kappa shape index (κ2) is 6.19. The molecule has 1 unspecified atom stereocenters. The number of methoxy groups -OCH3 is 1. The van der Waals surface area contributed by atoms with Crippen molar-refractivity contribution in [2.75, 3.05) is 7.11 Å². The Kier molecular flexibility index (Phi) is 5.11. The molecule has 0 heterocycles. The van der Waals surface area contributed by atoms with Crippen LogP contribution in [0.15, 0.2) is 24.3 Å². The van der Waals surface area contributed by atoms with Gasteiger partial charge in [-0.25, -0.2) is 4.79 Å². The van der Waals surface area contributed by atoms with Gasteiger partial charge in [0.1, 0.15) is 10.4 Å². The zero-order chi connectivity index (χ0) is 14.6. The van der Waals surface area contributed by atoms with Gasteiger partial charge in [0.25, 0.3) is 0 Å². The first kappa shape index (κ1) is 15.7. The van der Waals surface area contributed by atoms with Crippen molar-refractivity contribution < 1.29 is 19.1 Å². The molecule has 5 heteroatoms. The van der Waals surface area contributed by atoms with Crippen LogP contribution in [-0.2, 0) is 14.3 Å². The summed E-state index contributed by atoms with van der Waals surface area (Å²) < 4.78 is 9.88. The second-order valence-electron chi connectivity index (χ2n) is 5.01. The van der Waals surface area contributed by atoms with Crippen LogP contribution in [0.5, 0.6) is 0 Å². The Labute approximate surface area is 121 Å². The lowest BCUT2D eigenvalue weighted by molar-refractivity contribution is -0.154. The largest absolute Gasteiger partial charge is 0.465 e. The Hall–Kier alpha value is -1.36.